The molecule has 0 saturated heterocycles. The standard InChI is InChI=1S/C9H21ClOSi/c1-4-12(5-2,6-3)11-9-7-8-10/h4-9H2,1-3H3. The summed E-state index contributed by atoms with van der Waals surface area (Å²) in [6.07, 6.45) is 0.996. The highest BCUT2D eigenvalue weighted by atomic mass is 35.5. The molecule has 1 nitrogen and oxygen atoms in total. The van der Waals surface area contributed by atoms with Crippen molar-refractivity contribution in [1.82, 2.24) is 0 Å². The normalized spacial score (nSPS) is 12.0. The van der Waals surface area contributed by atoms with Gasteiger partial charge in [-0.25, -0.2) is 0 Å². The third-order valence-corrected chi connectivity index (χ3v) is 7.57. The predicted molar refractivity (Wildman–Crippen MR) is 58.5 cm³/mol. The van der Waals surface area contributed by atoms with Crippen molar-refractivity contribution in [1.29, 1.82) is 0 Å². The Morgan fingerprint density at radius 1 is 1.08 bits per heavy atom. The maximum Gasteiger partial charge on any atom is 0.191 e. The summed E-state index contributed by atoms with van der Waals surface area (Å²) in [6, 6.07) is 3.72. The summed E-state index contributed by atoms with van der Waals surface area (Å²) in [4.78, 5) is 0. The van der Waals surface area contributed by atoms with E-state index in [1.807, 2.05) is 0 Å². The molecule has 0 aromatic heterocycles. The van der Waals surface area contributed by atoms with E-state index in [9.17, 15) is 0 Å². The average Bonchev–Trinajstić information content (AvgIpc) is 2.14. The van der Waals surface area contributed by atoms with E-state index >= 15 is 0 Å². The van der Waals surface area contributed by atoms with Crippen molar-refractivity contribution < 1.29 is 4.43 Å². The number of halogens is 1. The second kappa shape index (κ2) is 6.93. The minimum Gasteiger partial charge on any atom is -0.417 e. The summed E-state index contributed by atoms with van der Waals surface area (Å²) < 4.78 is 5.97. The van der Waals surface area contributed by atoms with Crippen LogP contribution >= 0.6 is 11.6 Å². The molecule has 0 rings (SSSR count). The van der Waals surface area contributed by atoms with Crippen molar-refractivity contribution >= 4 is 19.9 Å². The van der Waals surface area contributed by atoms with Crippen molar-refractivity contribution in [2.24, 2.45) is 0 Å². The third-order valence-electron chi connectivity index (χ3n) is 2.62. The van der Waals surface area contributed by atoms with Gasteiger partial charge in [0.1, 0.15) is 0 Å². The predicted octanol–water partition coefficient (Wildman–Crippen LogP) is 3.64. The molecule has 0 aliphatic rings. The summed E-state index contributed by atoms with van der Waals surface area (Å²) in [5.74, 6) is 0.724. The topological polar surface area (TPSA) is 9.23 Å². The Balaban J connectivity index is 3.76. The second-order valence-electron chi connectivity index (χ2n) is 3.13. The molecule has 0 N–H and O–H groups in total. The summed E-state index contributed by atoms with van der Waals surface area (Å²) in [5, 5.41) is 0. The molecule has 0 fully saturated rings. The summed E-state index contributed by atoms with van der Waals surface area (Å²) in [5.41, 5.74) is 0. The number of hydrogen-bond donors (Lipinski definition) is 0. The van der Waals surface area contributed by atoms with Gasteiger partial charge in [0.15, 0.2) is 8.32 Å². The van der Waals surface area contributed by atoms with E-state index in [4.69, 9.17) is 16.0 Å². The second-order valence-corrected chi connectivity index (χ2v) is 8.29. The molecule has 0 heterocycles. The van der Waals surface area contributed by atoms with Crippen LogP contribution in [0.15, 0.2) is 0 Å². The van der Waals surface area contributed by atoms with Crippen LogP contribution in [0.1, 0.15) is 27.2 Å². The van der Waals surface area contributed by atoms with Crippen LogP contribution in [0.25, 0.3) is 0 Å². The van der Waals surface area contributed by atoms with E-state index < -0.39 is 8.32 Å². The molecule has 12 heavy (non-hydrogen) atoms. The highest BCUT2D eigenvalue weighted by Crippen LogP contribution is 2.21. The lowest BCUT2D eigenvalue weighted by molar-refractivity contribution is 0.300. The maximum absolute atomic E-state index is 5.97. The highest BCUT2D eigenvalue weighted by molar-refractivity contribution is 6.73. The molecule has 0 spiro atoms. The first-order chi connectivity index (χ1) is 5.74. The maximum atomic E-state index is 5.97. The van der Waals surface area contributed by atoms with Gasteiger partial charge in [-0.15, -0.1) is 11.6 Å². The van der Waals surface area contributed by atoms with Crippen molar-refractivity contribution in [3.63, 3.8) is 0 Å². The van der Waals surface area contributed by atoms with E-state index in [0.29, 0.717) is 0 Å². The molecular formula is C9H21ClOSi. The Bertz CT molecular complexity index is 96.4. The van der Waals surface area contributed by atoms with Gasteiger partial charge in [0, 0.05) is 12.5 Å². The van der Waals surface area contributed by atoms with Crippen LogP contribution in [-0.2, 0) is 4.43 Å². The quantitative estimate of drug-likeness (QED) is 0.353. The number of rotatable bonds is 7. The molecule has 0 aliphatic heterocycles. The van der Waals surface area contributed by atoms with Crippen molar-refractivity contribution in [2.45, 2.75) is 45.3 Å². The van der Waals surface area contributed by atoms with E-state index in [0.717, 1.165) is 18.9 Å². The first-order valence-electron chi connectivity index (χ1n) is 4.94. The van der Waals surface area contributed by atoms with E-state index in [2.05, 4.69) is 20.8 Å². The van der Waals surface area contributed by atoms with Crippen molar-refractivity contribution in [2.75, 3.05) is 12.5 Å². The molecule has 74 valence electrons. The van der Waals surface area contributed by atoms with Gasteiger partial charge in [0.2, 0.25) is 0 Å². The number of hydrogen-bond acceptors (Lipinski definition) is 1. The van der Waals surface area contributed by atoms with Crippen LogP contribution in [0, 0.1) is 0 Å². The lowest BCUT2D eigenvalue weighted by Gasteiger charge is -2.27. The van der Waals surface area contributed by atoms with Crippen molar-refractivity contribution in [3.05, 3.63) is 0 Å². The largest absolute Gasteiger partial charge is 0.417 e. The minimum absolute atomic E-state index is 0.724. The van der Waals surface area contributed by atoms with Crippen LogP contribution in [0.3, 0.4) is 0 Å². The van der Waals surface area contributed by atoms with Crippen LogP contribution in [0.2, 0.25) is 18.1 Å². The zero-order chi connectivity index (χ0) is 9.45. The van der Waals surface area contributed by atoms with Crippen molar-refractivity contribution in [3.8, 4) is 0 Å². The Kier molecular flexibility index (Phi) is 7.20. The molecule has 0 aromatic carbocycles. The molecule has 0 aromatic rings. The average molecular weight is 209 g/mol. The summed E-state index contributed by atoms with van der Waals surface area (Å²) >= 11 is 5.60. The third kappa shape index (κ3) is 3.92. The fourth-order valence-corrected chi connectivity index (χ4v) is 4.20. The van der Waals surface area contributed by atoms with Crippen LogP contribution < -0.4 is 0 Å². The minimum atomic E-state index is -1.31. The molecule has 0 atom stereocenters. The molecule has 0 bridgehead atoms. The van der Waals surface area contributed by atoms with Gasteiger partial charge in [0.05, 0.1) is 0 Å². The molecule has 0 aliphatic carbocycles. The zero-order valence-electron chi connectivity index (χ0n) is 8.53. The molecule has 0 saturated carbocycles. The van der Waals surface area contributed by atoms with Gasteiger partial charge in [-0.05, 0) is 24.6 Å². The first-order valence-corrected chi connectivity index (χ1v) is 8.01. The molecule has 0 unspecified atom stereocenters. The fraction of sp³-hybridized carbons (Fsp3) is 1.00. The van der Waals surface area contributed by atoms with Crippen LogP contribution in [0.4, 0.5) is 0 Å². The van der Waals surface area contributed by atoms with Crippen LogP contribution in [0.5, 0.6) is 0 Å². The van der Waals surface area contributed by atoms with Gasteiger partial charge in [-0.3, -0.25) is 0 Å². The Labute approximate surface area is 82.6 Å². The Morgan fingerprint density at radius 3 is 1.92 bits per heavy atom. The summed E-state index contributed by atoms with van der Waals surface area (Å²) in [7, 11) is -1.31. The molecule has 0 amide bonds. The first kappa shape index (κ1) is 12.5. The lowest BCUT2D eigenvalue weighted by Crippen LogP contribution is -2.36. The van der Waals surface area contributed by atoms with E-state index in [-0.39, 0.29) is 0 Å². The highest BCUT2D eigenvalue weighted by Gasteiger charge is 2.27. The van der Waals surface area contributed by atoms with Gasteiger partial charge >= 0.3 is 0 Å². The Hall–Kier alpha value is 0.467. The van der Waals surface area contributed by atoms with Gasteiger partial charge in [-0.2, -0.15) is 0 Å². The van der Waals surface area contributed by atoms with Crippen LogP contribution in [-0.4, -0.2) is 20.8 Å². The number of alkyl halides is 1. The fourth-order valence-electron chi connectivity index (χ4n) is 1.40. The molecular weight excluding hydrogens is 188 g/mol. The van der Waals surface area contributed by atoms with E-state index in [1.165, 1.54) is 18.1 Å². The summed E-state index contributed by atoms with van der Waals surface area (Å²) in [6.45, 7) is 7.62. The molecule has 0 radical (unpaired) electrons. The zero-order valence-corrected chi connectivity index (χ0v) is 10.3. The van der Waals surface area contributed by atoms with Gasteiger partial charge < -0.3 is 4.43 Å². The smallest absolute Gasteiger partial charge is 0.191 e. The van der Waals surface area contributed by atoms with Gasteiger partial charge in [0.25, 0.3) is 0 Å². The monoisotopic (exact) mass is 208 g/mol. The molecule has 3 heteroatoms. The lowest BCUT2D eigenvalue weighted by atomic mass is 10.5. The van der Waals surface area contributed by atoms with Gasteiger partial charge in [-0.1, -0.05) is 20.8 Å². The SMILES string of the molecule is CC[Si](CC)(CC)OCCCCl. The Morgan fingerprint density at radius 2 is 1.58 bits per heavy atom. The van der Waals surface area contributed by atoms with E-state index in [1.54, 1.807) is 0 Å².